The fourth-order valence-electron chi connectivity index (χ4n) is 0.507. The average Bonchev–Trinajstić information content (AvgIpc) is 1.64. The van der Waals surface area contributed by atoms with E-state index in [-0.39, 0.29) is 11.0 Å². The minimum Gasteiger partial charge on any atom is -0.870 e. The predicted molar refractivity (Wildman–Crippen MR) is 40.7 cm³/mol. The number of rotatable bonds is 0. The second-order valence-electron chi connectivity index (χ2n) is 1.56. The summed E-state index contributed by atoms with van der Waals surface area (Å²) in [5, 5.41) is 0.685. The van der Waals surface area contributed by atoms with E-state index in [9.17, 15) is 0 Å². The third-order valence-electron chi connectivity index (χ3n) is 0.849. The second-order valence-corrected chi connectivity index (χ2v) is 1.99. The van der Waals surface area contributed by atoms with Gasteiger partial charge in [0, 0.05) is 0 Å². The van der Waals surface area contributed by atoms with Crippen molar-refractivity contribution in [3.05, 3.63) is 29.3 Å². The molecule has 1 aromatic rings. The van der Waals surface area contributed by atoms with Crippen LogP contribution in [0.4, 0.5) is 0 Å². The molecule has 0 spiro atoms. The maximum Gasteiger partial charge on any atom is -0.870 e. The third kappa shape index (κ3) is 3.51. The Labute approximate surface area is 65.8 Å². The molecule has 1 rings (SSSR count). The molecule has 1 aromatic carbocycles. The topological polar surface area (TPSA) is 60.0 Å². The SMILES string of the molecule is [B+2]c1cccc(Cl)c1.[OH-].[OH-]. The van der Waals surface area contributed by atoms with Gasteiger partial charge in [-0.15, -0.1) is 0 Å². The van der Waals surface area contributed by atoms with Gasteiger partial charge in [-0.25, -0.2) is 0 Å². The van der Waals surface area contributed by atoms with E-state index in [1.54, 1.807) is 18.2 Å². The molecule has 0 bridgehead atoms. The summed E-state index contributed by atoms with van der Waals surface area (Å²) in [6, 6.07) is 7.11. The first-order valence-corrected chi connectivity index (χ1v) is 2.68. The summed E-state index contributed by atoms with van der Waals surface area (Å²) in [7, 11) is 5.37. The second kappa shape index (κ2) is 5.29. The van der Waals surface area contributed by atoms with Gasteiger partial charge in [-0.2, -0.15) is 0 Å². The summed E-state index contributed by atoms with van der Waals surface area (Å²) in [6.45, 7) is 0. The minimum absolute atomic E-state index is 0. The van der Waals surface area contributed by atoms with Crippen molar-refractivity contribution in [2.45, 2.75) is 0 Å². The number of hydrogen-bond donors (Lipinski definition) is 0. The molecule has 4 heteroatoms. The van der Waals surface area contributed by atoms with Crippen LogP contribution in [0.5, 0.6) is 0 Å². The zero-order valence-corrected chi connectivity index (χ0v) is 5.92. The van der Waals surface area contributed by atoms with Crippen LogP contribution in [0.2, 0.25) is 5.02 Å². The van der Waals surface area contributed by atoms with Gasteiger partial charge in [-0.05, 0) is 0 Å². The van der Waals surface area contributed by atoms with E-state index in [1.165, 1.54) is 0 Å². The third-order valence-corrected chi connectivity index (χ3v) is 1.08. The van der Waals surface area contributed by atoms with E-state index in [0.29, 0.717) is 10.5 Å². The molecule has 0 aromatic heterocycles. The number of benzene rings is 1. The van der Waals surface area contributed by atoms with E-state index >= 15 is 0 Å². The number of halogens is 1. The summed E-state index contributed by atoms with van der Waals surface area (Å²) >= 11 is 5.56. The Morgan fingerprint density at radius 2 is 1.80 bits per heavy atom. The van der Waals surface area contributed by atoms with Crippen LogP contribution in [0.15, 0.2) is 24.3 Å². The van der Waals surface area contributed by atoms with Gasteiger partial charge in [0.05, 0.1) is 0 Å². The van der Waals surface area contributed by atoms with Crippen LogP contribution >= 0.6 is 11.6 Å². The molecule has 0 aliphatic heterocycles. The first-order chi connectivity index (χ1) is 3.79. The van der Waals surface area contributed by atoms with Crippen molar-refractivity contribution < 1.29 is 11.0 Å². The molecule has 0 aliphatic carbocycles. The first-order valence-electron chi connectivity index (χ1n) is 2.30. The zero-order chi connectivity index (χ0) is 5.98. The van der Waals surface area contributed by atoms with Gasteiger partial charge in [0.15, 0.2) is 0 Å². The standard InChI is InChI=1S/C6H4BCl.2H2O/c7-5-2-1-3-6(8)4-5;;/h1-4H;2*1H2/q+2;;/p-2. The Morgan fingerprint density at radius 3 is 2.10 bits per heavy atom. The molecule has 0 amide bonds. The molecule has 0 unspecified atom stereocenters. The minimum atomic E-state index is 0. The largest absolute Gasteiger partial charge is 0.870 e. The summed E-state index contributed by atoms with van der Waals surface area (Å²) in [6.07, 6.45) is 0. The molecule has 0 fully saturated rings. The zero-order valence-electron chi connectivity index (χ0n) is 5.16. The van der Waals surface area contributed by atoms with E-state index in [0.717, 1.165) is 0 Å². The van der Waals surface area contributed by atoms with Gasteiger partial charge in [0.1, 0.15) is 0 Å². The molecule has 0 radical (unpaired) electrons. The van der Waals surface area contributed by atoms with E-state index in [4.69, 9.17) is 19.4 Å². The Kier molecular flexibility index (Phi) is 6.46. The predicted octanol–water partition coefficient (Wildman–Crippen LogP) is 0.780. The molecule has 52 valence electrons. The van der Waals surface area contributed by atoms with E-state index < -0.39 is 0 Å². The molecule has 0 saturated carbocycles. The molecule has 0 saturated heterocycles. The molecule has 0 heterocycles. The van der Waals surface area contributed by atoms with Crippen molar-refractivity contribution in [3.8, 4) is 0 Å². The van der Waals surface area contributed by atoms with Crippen LogP contribution in [0, 0.1) is 0 Å². The van der Waals surface area contributed by atoms with E-state index in [2.05, 4.69) is 0 Å². The molecular formula is C6H6BClO2. The molecule has 2 nitrogen and oxygen atoms in total. The van der Waals surface area contributed by atoms with Gasteiger partial charge in [-0.1, -0.05) is 0 Å². The molecule has 0 aliphatic rings. The van der Waals surface area contributed by atoms with Gasteiger partial charge in [0.25, 0.3) is 0 Å². The van der Waals surface area contributed by atoms with Crippen LogP contribution in [-0.2, 0) is 0 Å². The summed E-state index contributed by atoms with van der Waals surface area (Å²) < 4.78 is 0. The van der Waals surface area contributed by atoms with Crippen LogP contribution in [-0.4, -0.2) is 18.8 Å². The van der Waals surface area contributed by atoms with Gasteiger partial charge < -0.3 is 11.0 Å². The van der Waals surface area contributed by atoms with Gasteiger partial charge in [0.2, 0.25) is 0 Å². The Hall–Kier alpha value is -0.505. The van der Waals surface area contributed by atoms with Gasteiger partial charge >= 0.3 is 54.2 Å². The van der Waals surface area contributed by atoms with Crippen LogP contribution in [0.3, 0.4) is 0 Å². The Morgan fingerprint density at radius 1 is 1.20 bits per heavy atom. The summed E-state index contributed by atoms with van der Waals surface area (Å²) in [5.74, 6) is 0. The van der Waals surface area contributed by atoms with Crippen molar-refractivity contribution in [2.24, 2.45) is 0 Å². The quantitative estimate of drug-likeness (QED) is 0.521. The van der Waals surface area contributed by atoms with Crippen LogP contribution < -0.4 is 5.46 Å². The van der Waals surface area contributed by atoms with Gasteiger partial charge in [-0.3, -0.25) is 0 Å². The first kappa shape index (κ1) is 12.2. The maximum atomic E-state index is 5.56. The number of hydrogen-bond acceptors (Lipinski definition) is 2. The fourth-order valence-corrected chi connectivity index (χ4v) is 0.705. The van der Waals surface area contributed by atoms with Crippen molar-refractivity contribution in [3.63, 3.8) is 0 Å². The molecule has 0 atom stereocenters. The maximum absolute atomic E-state index is 5.56. The summed E-state index contributed by atoms with van der Waals surface area (Å²) in [4.78, 5) is 0. The molecular weight excluding hydrogens is 150 g/mol. The van der Waals surface area contributed by atoms with E-state index in [1.807, 2.05) is 6.07 Å². The van der Waals surface area contributed by atoms with Crippen molar-refractivity contribution in [1.29, 1.82) is 0 Å². The van der Waals surface area contributed by atoms with Crippen molar-refractivity contribution in [2.75, 3.05) is 0 Å². The Bertz CT molecular complexity index is 176. The van der Waals surface area contributed by atoms with Crippen molar-refractivity contribution >= 4 is 24.9 Å². The summed E-state index contributed by atoms with van der Waals surface area (Å²) in [5.41, 5.74) is 0.706. The molecule has 2 N–H and O–H groups in total. The Balaban J connectivity index is 0. The molecule has 10 heavy (non-hydrogen) atoms. The van der Waals surface area contributed by atoms with Crippen LogP contribution in [0.1, 0.15) is 0 Å². The van der Waals surface area contributed by atoms with Crippen molar-refractivity contribution in [1.82, 2.24) is 0 Å². The average molecular weight is 156 g/mol. The normalized spacial score (nSPS) is 7.50. The van der Waals surface area contributed by atoms with Crippen LogP contribution in [0.25, 0.3) is 0 Å². The smallest absolute Gasteiger partial charge is 0.870 e. The fraction of sp³-hybridized carbons (Fsp3) is 0. The monoisotopic (exact) mass is 156 g/mol.